The maximum atomic E-state index is 12.2. The van der Waals surface area contributed by atoms with Gasteiger partial charge in [-0.3, -0.25) is 4.79 Å². The number of ether oxygens (including phenoxy) is 2. The van der Waals surface area contributed by atoms with Gasteiger partial charge in [0.2, 0.25) is 10.0 Å². The molecule has 7 nitrogen and oxygen atoms in total. The molecule has 1 rings (SSSR count). The fourth-order valence-electron chi connectivity index (χ4n) is 1.99. The molecule has 1 aromatic rings. The lowest BCUT2D eigenvalue weighted by Crippen LogP contribution is -2.27. The van der Waals surface area contributed by atoms with Crippen LogP contribution in [0.1, 0.15) is 37.6 Å². The minimum atomic E-state index is -3.72. The van der Waals surface area contributed by atoms with Gasteiger partial charge in [0.25, 0.3) is 5.91 Å². The Morgan fingerprint density at radius 3 is 2.58 bits per heavy atom. The fraction of sp³-hybridized carbons (Fsp3) is 0.562. The lowest BCUT2D eigenvalue weighted by Gasteiger charge is -2.12. The van der Waals surface area contributed by atoms with Crippen LogP contribution in [-0.2, 0) is 14.8 Å². The second-order valence-electron chi connectivity index (χ2n) is 5.40. The summed E-state index contributed by atoms with van der Waals surface area (Å²) in [4.78, 5) is 12.1. The number of amides is 1. The highest BCUT2D eigenvalue weighted by Gasteiger charge is 2.20. The molecule has 0 saturated heterocycles. The molecular formula is C16H26N2O5S. The molecule has 0 unspecified atom stereocenters. The van der Waals surface area contributed by atoms with E-state index in [1.54, 1.807) is 6.92 Å². The molecule has 0 heterocycles. The highest BCUT2D eigenvalue weighted by molar-refractivity contribution is 7.89. The van der Waals surface area contributed by atoms with Crippen LogP contribution in [0.25, 0.3) is 0 Å². The summed E-state index contributed by atoms with van der Waals surface area (Å²) in [5, 5.41) is 2.75. The summed E-state index contributed by atoms with van der Waals surface area (Å²) in [6, 6.07) is 4.32. The van der Waals surface area contributed by atoms with Gasteiger partial charge in [-0.1, -0.05) is 6.92 Å². The van der Waals surface area contributed by atoms with Crippen LogP contribution < -0.4 is 14.8 Å². The summed E-state index contributed by atoms with van der Waals surface area (Å²) in [7, 11) is -2.34. The van der Waals surface area contributed by atoms with E-state index in [9.17, 15) is 13.2 Å². The van der Waals surface area contributed by atoms with Crippen molar-refractivity contribution < 1.29 is 22.7 Å². The molecule has 1 amide bonds. The molecular weight excluding hydrogens is 332 g/mol. The molecule has 0 bridgehead atoms. The average molecular weight is 358 g/mol. The number of benzene rings is 1. The van der Waals surface area contributed by atoms with Crippen LogP contribution in [-0.4, -0.2) is 47.2 Å². The molecule has 0 aliphatic rings. The number of hydrogen-bond donors (Lipinski definition) is 2. The normalized spacial score (nSPS) is 11.5. The standard InChI is InChI=1S/C16H26N2O5S/c1-5-18-24(20,21)15-11-13(7-8-14(15)22-4)16(19)17-9-6-10-23-12(2)3/h7-8,11-12,18H,5-6,9-10H2,1-4H3,(H,17,19). The Morgan fingerprint density at radius 2 is 2.00 bits per heavy atom. The Kier molecular flexibility index (Phi) is 8.17. The Hall–Kier alpha value is -1.64. The first kappa shape index (κ1) is 20.4. The molecule has 8 heteroatoms. The van der Waals surface area contributed by atoms with Crippen LogP contribution in [0.3, 0.4) is 0 Å². The summed E-state index contributed by atoms with van der Waals surface area (Å²) in [6.45, 7) is 6.83. The van der Waals surface area contributed by atoms with Crippen molar-refractivity contribution in [1.29, 1.82) is 0 Å². The average Bonchev–Trinajstić information content (AvgIpc) is 2.53. The lowest BCUT2D eigenvalue weighted by molar-refractivity contribution is 0.0757. The van der Waals surface area contributed by atoms with E-state index in [2.05, 4.69) is 10.0 Å². The van der Waals surface area contributed by atoms with Gasteiger partial charge in [0.1, 0.15) is 10.6 Å². The quantitative estimate of drug-likeness (QED) is 0.619. The Morgan fingerprint density at radius 1 is 1.29 bits per heavy atom. The molecule has 0 aliphatic carbocycles. The van der Waals surface area contributed by atoms with E-state index in [4.69, 9.17) is 9.47 Å². The number of rotatable bonds is 10. The number of methoxy groups -OCH3 is 1. The van der Waals surface area contributed by atoms with E-state index in [1.807, 2.05) is 13.8 Å². The van der Waals surface area contributed by atoms with E-state index in [-0.39, 0.29) is 34.8 Å². The number of nitrogens with one attached hydrogen (secondary N) is 2. The maximum absolute atomic E-state index is 12.2. The third-order valence-electron chi connectivity index (χ3n) is 3.11. The van der Waals surface area contributed by atoms with Crippen molar-refractivity contribution in [2.45, 2.75) is 38.2 Å². The number of hydrogen-bond acceptors (Lipinski definition) is 5. The van der Waals surface area contributed by atoms with Gasteiger partial charge in [-0.05, 0) is 38.5 Å². The predicted molar refractivity (Wildman–Crippen MR) is 91.9 cm³/mol. The molecule has 0 saturated carbocycles. The van der Waals surface area contributed by atoms with Crippen LogP contribution in [0, 0.1) is 0 Å². The van der Waals surface area contributed by atoms with Gasteiger partial charge >= 0.3 is 0 Å². The van der Waals surface area contributed by atoms with Crippen molar-refractivity contribution in [3.63, 3.8) is 0 Å². The van der Waals surface area contributed by atoms with Crippen LogP contribution >= 0.6 is 0 Å². The van der Waals surface area contributed by atoms with Crippen molar-refractivity contribution in [2.75, 3.05) is 26.8 Å². The van der Waals surface area contributed by atoms with E-state index >= 15 is 0 Å². The van der Waals surface area contributed by atoms with Crippen molar-refractivity contribution in [3.8, 4) is 5.75 Å². The summed E-state index contributed by atoms with van der Waals surface area (Å²) in [5.41, 5.74) is 0.261. The maximum Gasteiger partial charge on any atom is 0.251 e. The number of sulfonamides is 1. The van der Waals surface area contributed by atoms with Crippen LogP contribution in [0.5, 0.6) is 5.75 Å². The zero-order chi connectivity index (χ0) is 18.2. The molecule has 0 spiro atoms. The topological polar surface area (TPSA) is 93.7 Å². The predicted octanol–water partition coefficient (Wildman–Crippen LogP) is 1.54. The minimum Gasteiger partial charge on any atom is -0.495 e. The first-order valence-electron chi connectivity index (χ1n) is 7.89. The largest absolute Gasteiger partial charge is 0.495 e. The summed E-state index contributed by atoms with van der Waals surface area (Å²) < 4.78 is 37.3. The highest BCUT2D eigenvalue weighted by Crippen LogP contribution is 2.24. The van der Waals surface area contributed by atoms with Crippen LogP contribution in [0.15, 0.2) is 23.1 Å². The van der Waals surface area contributed by atoms with Crippen molar-refractivity contribution in [1.82, 2.24) is 10.0 Å². The van der Waals surface area contributed by atoms with Gasteiger partial charge in [-0.25, -0.2) is 13.1 Å². The summed E-state index contributed by atoms with van der Waals surface area (Å²) in [5.74, 6) is -0.145. The van der Waals surface area contributed by atoms with E-state index in [0.717, 1.165) is 0 Å². The summed E-state index contributed by atoms with van der Waals surface area (Å²) in [6.07, 6.45) is 0.837. The first-order chi connectivity index (χ1) is 11.3. The second-order valence-corrected chi connectivity index (χ2v) is 7.13. The van der Waals surface area contributed by atoms with Crippen LogP contribution in [0.4, 0.5) is 0 Å². The monoisotopic (exact) mass is 358 g/mol. The molecule has 0 aromatic heterocycles. The SMILES string of the molecule is CCNS(=O)(=O)c1cc(C(=O)NCCCOC(C)C)ccc1OC. The third-order valence-corrected chi connectivity index (χ3v) is 4.67. The fourth-order valence-corrected chi connectivity index (χ4v) is 3.22. The molecule has 0 radical (unpaired) electrons. The van der Waals surface area contributed by atoms with Crippen molar-refractivity contribution in [3.05, 3.63) is 23.8 Å². The van der Waals surface area contributed by atoms with Crippen molar-refractivity contribution in [2.24, 2.45) is 0 Å². The highest BCUT2D eigenvalue weighted by atomic mass is 32.2. The minimum absolute atomic E-state index is 0.0531. The van der Waals surface area contributed by atoms with Gasteiger partial charge in [0, 0.05) is 25.3 Å². The molecule has 2 N–H and O–H groups in total. The molecule has 136 valence electrons. The molecule has 24 heavy (non-hydrogen) atoms. The Bertz CT molecular complexity index is 644. The van der Waals surface area contributed by atoms with Crippen LogP contribution in [0.2, 0.25) is 0 Å². The van der Waals surface area contributed by atoms with Gasteiger partial charge in [-0.15, -0.1) is 0 Å². The molecule has 0 atom stereocenters. The zero-order valence-electron chi connectivity index (χ0n) is 14.6. The third kappa shape index (κ3) is 6.10. The first-order valence-corrected chi connectivity index (χ1v) is 9.37. The smallest absolute Gasteiger partial charge is 0.251 e. The number of carbonyl (C=O) groups excluding carboxylic acids is 1. The van der Waals surface area contributed by atoms with Crippen molar-refractivity contribution >= 4 is 15.9 Å². The zero-order valence-corrected chi connectivity index (χ0v) is 15.4. The number of carbonyl (C=O) groups is 1. The van der Waals surface area contributed by atoms with Gasteiger partial charge in [0.15, 0.2) is 0 Å². The summed E-state index contributed by atoms with van der Waals surface area (Å²) >= 11 is 0. The Labute approximate surface area is 143 Å². The molecule has 1 aromatic carbocycles. The van der Waals surface area contributed by atoms with E-state index in [0.29, 0.717) is 19.6 Å². The van der Waals surface area contributed by atoms with Gasteiger partial charge in [0.05, 0.1) is 13.2 Å². The Balaban J connectivity index is 2.80. The lowest BCUT2D eigenvalue weighted by atomic mass is 10.2. The second kappa shape index (κ2) is 9.61. The molecule has 0 aliphatic heterocycles. The van der Waals surface area contributed by atoms with E-state index < -0.39 is 10.0 Å². The van der Waals surface area contributed by atoms with Gasteiger partial charge in [-0.2, -0.15) is 0 Å². The van der Waals surface area contributed by atoms with E-state index in [1.165, 1.54) is 25.3 Å². The molecule has 0 fully saturated rings. The van der Waals surface area contributed by atoms with Gasteiger partial charge < -0.3 is 14.8 Å².